The number of methoxy groups -OCH3 is 1. The third-order valence-electron chi connectivity index (χ3n) is 3.24. The number of ether oxygens (including phenoxy) is 2. The Kier molecular flexibility index (Phi) is 5.25. The van der Waals surface area contributed by atoms with E-state index in [1.165, 1.54) is 6.33 Å². The van der Waals surface area contributed by atoms with Gasteiger partial charge in [0.2, 0.25) is 0 Å². The standard InChI is InChI=1S/C13H19N3O4/c1-19-5-3-16(7-13(17)18)12-6-11(14-9-15-12)10-2-4-20-8-10/h6,9-10H,2-5,7-8H2,1H3,(H,17,18)/t10-/m0/s1. The summed E-state index contributed by atoms with van der Waals surface area (Å²) in [6.07, 6.45) is 2.41. The Morgan fingerprint density at radius 3 is 3.10 bits per heavy atom. The molecule has 1 fully saturated rings. The molecule has 110 valence electrons. The fourth-order valence-corrected chi connectivity index (χ4v) is 2.16. The lowest BCUT2D eigenvalue weighted by Gasteiger charge is -2.22. The summed E-state index contributed by atoms with van der Waals surface area (Å²) in [5, 5.41) is 8.98. The van der Waals surface area contributed by atoms with Gasteiger partial charge < -0.3 is 19.5 Å². The van der Waals surface area contributed by atoms with E-state index >= 15 is 0 Å². The Bertz CT molecular complexity index is 449. The van der Waals surface area contributed by atoms with E-state index in [1.807, 2.05) is 6.07 Å². The zero-order valence-electron chi connectivity index (χ0n) is 11.5. The number of nitrogens with zero attached hydrogens (tertiary/aromatic N) is 3. The third-order valence-corrected chi connectivity index (χ3v) is 3.24. The number of hydrogen-bond donors (Lipinski definition) is 1. The lowest BCUT2D eigenvalue weighted by molar-refractivity contribution is -0.135. The van der Waals surface area contributed by atoms with Crippen LogP contribution in [0.2, 0.25) is 0 Å². The summed E-state index contributed by atoms with van der Waals surface area (Å²) in [5.74, 6) is -0.0160. The molecule has 0 saturated carbocycles. The molecule has 0 aliphatic carbocycles. The van der Waals surface area contributed by atoms with E-state index in [-0.39, 0.29) is 12.5 Å². The van der Waals surface area contributed by atoms with Crippen LogP contribution in [0.4, 0.5) is 5.82 Å². The second-order valence-electron chi connectivity index (χ2n) is 4.67. The van der Waals surface area contributed by atoms with Gasteiger partial charge in [-0.15, -0.1) is 0 Å². The van der Waals surface area contributed by atoms with E-state index in [0.717, 1.165) is 18.7 Å². The highest BCUT2D eigenvalue weighted by Crippen LogP contribution is 2.25. The highest BCUT2D eigenvalue weighted by molar-refractivity contribution is 5.73. The van der Waals surface area contributed by atoms with Crippen molar-refractivity contribution in [2.45, 2.75) is 12.3 Å². The maximum absolute atomic E-state index is 10.9. The van der Waals surface area contributed by atoms with Gasteiger partial charge in [-0.3, -0.25) is 4.79 Å². The molecule has 1 atom stereocenters. The number of carboxylic acids is 1. The maximum atomic E-state index is 10.9. The van der Waals surface area contributed by atoms with Crippen molar-refractivity contribution < 1.29 is 19.4 Å². The van der Waals surface area contributed by atoms with Crippen molar-refractivity contribution in [3.63, 3.8) is 0 Å². The van der Waals surface area contributed by atoms with Crippen molar-refractivity contribution in [3.05, 3.63) is 18.1 Å². The minimum absolute atomic E-state index is 0.110. The zero-order chi connectivity index (χ0) is 14.4. The van der Waals surface area contributed by atoms with E-state index in [0.29, 0.717) is 25.6 Å². The first kappa shape index (κ1) is 14.7. The summed E-state index contributed by atoms with van der Waals surface area (Å²) in [4.78, 5) is 21.1. The van der Waals surface area contributed by atoms with Crippen molar-refractivity contribution in [2.75, 3.05) is 44.9 Å². The fourth-order valence-electron chi connectivity index (χ4n) is 2.16. The van der Waals surface area contributed by atoms with Crippen molar-refractivity contribution >= 4 is 11.8 Å². The van der Waals surface area contributed by atoms with Crippen LogP contribution in [0.1, 0.15) is 18.0 Å². The molecule has 0 radical (unpaired) electrons. The van der Waals surface area contributed by atoms with Gasteiger partial charge in [-0.05, 0) is 6.42 Å². The number of rotatable bonds is 7. The lowest BCUT2D eigenvalue weighted by Crippen LogP contribution is -2.33. The summed E-state index contributed by atoms with van der Waals surface area (Å²) in [6, 6.07) is 1.85. The molecule has 0 unspecified atom stereocenters. The fraction of sp³-hybridized carbons (Fsp3) is 0.615. The quantitative estimate of drug-likeness (QED) is 0.779. The van der Waals surface area contributed by atoms with Crippen LogP contribution in [-0.4, -0.2) is 61.1 Å². The Labute approximate surface area is 117 Å². The molecule has 2 rings (SSSR count). The molecule has 20 heavy (non-hydrogen) atoms. The average Bonchev–Trinajstić information content (AvgIpc) is 2.97. The molecule has 2 heterocycles. The molecular formula is C13H19N3O4. The molecule has 1 aliphatic rings. The second kappa shape index (κ2) is 7.16. The summed E-state index contributed by atoms with van der Waals surface area (Å²) in [5.41, 5.74) is 0.903. The number of carbonyl (C=O) groups is 1. The molecule has 7 nitrogen and oxygen atoms in total. The largest absolute Gasteiger partial charge is 0.480 e. The van der Waals surface area contributed by atoms with E-state index in [9.17, 15) is 4.79 Å². The first-order valence-electron chi connectivity index (χ1n) is 6.56. The van der Waals surface area contributed by atoms with Crippen LogP contribution in [0.3, 0.4) is 0 Å². The Morgan fingerprint density at radius 2 is 2.45 bits per heavy atom. The van der Waals surface area contributed by atoms with Crippen molar-refractivity contribution in [2.24, 2.45) is 0 Å². The summed E-state index contributed by atoms with van der Waals surface area (Å²) in [6.45, 7) is 2.21. The van der Waals surface area contributed by atoms with Gasteiger partial charge in [0.25, 0.3) is 0 Å². The number of hydrogen-bond acceptors (Lipinski definition) is 6. The van der Waals surface area contributed by atoms with Gasteiger partial charge in [-0.2, -0.15) is 0 Å². The number of carboxylic acid groups (broad SMARTS) is 1. The number of anilines is 1. The lowest BCUT2D eigenvalue weighted by atomic mass is 10.0. The minimum atomic E-state index is -0.898. The van der Waals surface area contributed by atoms with Crippen molar-refractivity contribution in [1.82, 2.24) is 9.97 Å². The molecule has 0 spiro atoms. The molecule has 1 aromatic heterocycles. The molecule has 0 bridgehead atoms. The van der Waals surface area contributed by atoms with Gasteiger partial charge in [-0.25, -0.2) is 9.97 Å². The average molecular weight is 281 g/mol. The Balaban J connectivity index is 2.14. The molecule has 1 saturated heterocycles. The summed E-state index contributed by atoms with van der Waals surface area (Å²) in [7, 11) is 1.58. The molecule has 1 aliphatic heterocycles. The highest BCUT2D eigenvalue weighted by atomic mass is 16.5. The van der Waals surface area contributed by atoms with Crippen LogP contribution in [-0.2, 0) is 14.3 Å². The molecule has 0 amide bonds. The first-order valence-corrected chi connectivity index (χ1v) is 6.56. The van der Waals surface area contributed by atoms with Crippen molar-refractivity contribution in [3.8, 4) is 0 Å². The molecule has 0 aromatic carbocycles. The van der Waals surface area contributed by atoms with E-state index in [4.69, 9.17) is 14.6 Å². The van der Waals surface area contributed by atoms with Crippen LogP contribution in [0, 0.1) is 0 Å². The Morgan fingerprint density at radius 1 is 1.60 bits per heavy atom. The predicted octanol–water partition coefficient (Wildman–Crippen LogP) is 0.518. The second-order valence-corrected chi connectivity index (χ2v) is 4.67. The first-order chi connectivity index (χ1) is 9.70. The van der Waals surface area contributed by atoms with Crippen LogP contribution >= 0.6 is 0 Å². The number of aromatic nitrogens is 2. The van der Waals surface area contributed by atoms with Crippen LogP contribution in [0.5, 0.6) is 0 Å². The summed E-state index contributed by atoms with van der Waals surface area (Å²) < 4.78 is 10.4. The summed E-state index contributed by atoms with van der Waals surface area (Å²) >= 11 is 0. The normalized spacial score (nSPS) is 18.1. The third kappa shape index (κ3) is 3.88. The van der Waals surface area contributed by atoms with Gasteiger partial charge in [0.05, 0.1) is 18.9 Å². The topological polar surface area (TPSA) is 84.8 Å². The number of aliphatic carboxylic acids is 1. The van der Waals surface area contributed by atoms with Gasteiger partial charge in [0.15, 0.2) is 0 Å². The SMILES string of the molecule is COCCN(CC(=O)O)c1cc([C@H]2CCOC2)ncn1. The van der Waals surface area contributed by atoms with Gasteiger partial charge in [0, 0.05) is 32.2 Å². The van der Waals surface area contributed by atoms with Crippen LogP contribution < -0.4 is 4.90 Å². The van der Waals surface area contributed by atoms with E-state index in [2.05, 4.69) is 9.97 Å². The zero-order valence-corrected chi connectivity index (χ0v) is 11.5. The van der Waals surface area contributed by atoms with Crippen LogP contribution in [0.15, 0.2) is 12.4 Å². The predicted molar refractivity (Wildman–Crippen MR) is 71.9 cm³/mol. The maximum Gasteiger partial charge on any atom is 0.323 e. The van der Waals surface area contributed by atoms with Gasteiger partial charge in [0.1, 0.15) is 18.7 Å². The molecular weight excluding hydrogens is 262 g/mol. The van der Waals surface area contributed by atoms with Crippen molar-refractivity contribution in [1.29, 1.82) is 0 Å². The van der Waals surface area contributed by atoms with Crippen LogP contribution in [0.25, 0.3) is 0 Å². The van der Waals surface area contributed by atoms with E-state index in [1.54, 1.807) is 12.0 Å². The monoisotopic (exact) mass is 281 g/mol. The highest BCUT2D eigenvalue weighted by Gasteiger charge is 2.21. The van der Waals surface area contributed by atoms with Gasteiger partial charge in [-0.1, -0.05) is 0 Å². The molecule has 1 N–H and O–H groups in total. The van der Waals surface area contributed by atoms with E-state index < -0.39 is 5.97 Å². The van der Waals surface area contributed by atoms with Gasteiger partial charge >= 0.3 is 5.97 Å². The Hall–Kier alpha value is -1.73. The smallest absolute Gasteiger partial charge is 0.323 e. The molecule has 1 aromatic rings. The molecule has 7 heteroatoms. The minimum Gasteiger partial charge on any atom is -0.480 e.